The van der Waals surface area contributed by atoms with Crippen LogP contribution in [0.1, 0.15) is 39.9 Å². The fraction of sp³-hybridized carbons (Fsp3) is 0.273. The maximum absolute atomic E-state index is 12.6. The molecule has 0 aliphatic heterocycles. The topological polar surface area (TPSA) is 94.3 Å². The maximum Gasteiger partial charge on any atom is 0.341 e. The molecule has 30 heavy (non-hydrogen) atoms. The quantitative estimate of drug-likeness (QED) is 0.433. The fourth-order valence-electron chi connectivity index (χ4n) is 2.61. The lowest BCUT2D eigenvalue weighted by Gasteiger charge is -2.14. The van der Waals surface area contributed by atoms with Crippen LogP contribution in [0.3, 0.4) is 0 Å². The van der Waals surface area contributed by atoms with E-state index >= 15 is 0 Å². The minimum absolute atomic E-state index is 0.306. The number of hydrogen-bond donors (Lipinski definition) is 1. The molecule has 0 saturated carbocycles. The third kappa shape index (κ3) is 5.93. The third-order valence-corrected chi connectivity index (χ3v) is 5.30. The van der Waals surface area contributed by atoms with Crippen molar-refractivity contribution in [2.45, 2.75) is 44.2 Å². The molecule has 156 valence electrons. The Balaban J connectivity index is 1.56. The number of benzene rings is 1. The third-order valence-electron chi connectivity index (χ3n) is 4.26. The van der Waals surface area contributed by atoms with Gasteiger partial charge in [-0.2, -0.15) is 0 Å². The molecule has 1 amide bonds. The monoisotopic (exact) mass is 425 g/mol. The summed E-state index contributed by atoms with van der Waals surface area (Å²) in [4.78, 5) is 29.2. The Hall–Kier alpha value is -3.13. The number of aryl methyl sites for hydroxylation is 2. The molecule has 3 rings (SSSR count). The lowest BCUT2D eigenvalue weighted by Crippen LogP contribution is -2.35. The number of amides is 1. The van der Waals surface area contributed by atoms with E-state index in [0.717, 1.165) is 22.6 Å². The number of hydrogen-bond acceptors (Lipinski definition) is 7. The van der Waals surface area contributed by atoms with Crippen molar-refractivity contribution < 1.29 is 18.8 Å². The molecule has 8 heteroatoms. The molecule has 0 aliphatic rings. The van der Waals surface area contributed by atoms with Crippen molar-refractivity contribution in [3.63, 3.8) is 0 Å². The largest absolute Gasteiger partial charge is 0.449 e. The molecule has 0 fully saturated rings. The van der Waals surface area contributed by atoms with E-state index in [-0.39, 0.29) is 5.91 Å². The van der Waals surface area contributed by atoms with E-state index < -0.39 is 12.1 Å². The van der Waals surface area contributed by atoms with Crippen LogP contribution in [0, 0.1) is 13.8 Å². The Labute approximate surface area is 179 Å². The van der Waals surface area contributed by atoms with Gasteiger partial charge in [0.2, 0.25) is 0 Å². The number of esters is 1. The second kappa shape index (κ2) is 10.1. The average molecular weight is 426 g/mol. The van der Waals surface area contributed by atoms with E-state index in [0.29, 0.717) is 22.9 Å². The number of nitrogens with one attached hydrogen (secondary N) is 1. The second-order valence-corrected chi connectivity index (χ2v) is 7.79. The molecular weight excluding hydrogens is 402 g/mol. The highest BCUT2D eigenvalue weighted by Crippen LogP contribution is 2.25. The summed E-state index contributed by atoms with van der Waals surface area (Å²) < 4.78 is 10.4. The summed E-state index contributed by atoms with van der Waals surface area (Å²) >= 11 is 1.35. The van der Waals surface area contributed by atoms with Gasteiger partial charge in [-0.25, -0.2) is 9.78 Å². The Kier molecular flexibility index (Phi) is 7.24. The average Bonchev–Trinajstić information content (AvgIpc) is 3.16. The minimum atomic E-state index is -0.931. The van der Waals surface area contributed by atoms with Crippen molar-refractivity contribution in [3.8, 4) is 0 Å². The fourth-order valence-corrected chi connectivity index (χ4v) is 3.47. The number of rotatable bonds is 8. The number of carbonyl (C=O) groups is 2. The molecule has 2 heterocycles. The van der Waals surface area contributed by atoms with Crippen molar-refractivity contribution in [2.75, 3.05) is 0 Å². The van der Waals surface area contributed by atoms with Crippen LogP contribution < -0.4 is 5.32 Å². The van der Waals surface area contributed by atoms with Gasteiger partial charge < -0.3 is 14.6 Å². The molecule has 1 unspecified atom stereocenters. The van der Waals surface area contributed by atoms with Gasteiger partial charge in [-0.3, -0.25) is 4.79 Å². The zero-order chi connectivity index (χ0) is 21.5. The van der Waals surface area contributed by atoms with E-state index in [2.05, 4.69) is 15.5 Å². The maximum atomic E-state index is 12.6. The zero-order valence-corrected chi connectivity index (χ0v) is 17.9. The van der Waals surface area contributed by atoms with Crippen LogP contribution in [0.5, 0.6) is 0 Å². The molecule has 0 saturated heterocycles. The minimum Gasteiger partial charge on any atom is -0.449 e. The first-order valence-electron chi connectivity index (χ1n) is 9.46. The van der Waals surface area contributed by atoms with Crippen LogP contribution >= 0.6 is 11.8 Å². The molecule has 1 N–H and O–H groups in total. The Bertz CT molecular complexity index is 1020. The van der Waals surface area contributed by atoms with Crippen LogP contribution in [-0.2, 0) is 21.8 Å². The van der Waals surface area contributed by atoms with Crippen LogP contribution in [0.25, 0.3) is 0 Å². The molecule has 0 spiro atoms. The number of carbonyl (C=O) groups excluding carboxylic acids is 2. The first-order chi connectivity index (χ1) is 14.4. The predicted octanol–water partition coefficient (Wildman–Crippen LogP) is 3.84. The summed E-state index contributed by atoms with van der Waals surface area (Å²) in [5.41, 5.74) is 3.19. The zero-order valence-electron chi connectivity index (χ0n) is 17.0. The Morgan fingerprint density at radius 3 is 2.67 bits per heavy atom. The Morgan fingerprint density at radius 1 is 1.20 bits per heavy atom. The summed E-state index contributed by atoms with van der Waals surface area (Å²) in [5.74, 6) is 0.262. The smallest absolute Gasteiger partial charge is 0.341 e. The molecule has 1 aromatic carbocycles. The normalized spacial score (nSPS) is 11.7. The van der Waals surface area contributed by atoms with E-state index in [9.17, 15) is 9.59 Å². The first kappa shape index (κ1) is 21.6. The molecular formula is C22H23N3O4S. The number of nitrogens with zero attached hydrogens (tertiary/aromatic N) is 2. The van der Waals surface area contributed by atoms with Crippen LogP contribution in [0.4, 0.5) is 0 Å². The van der Waals surface area contributed by atoms with Gasteiger partial charge in [-0.1, -0.05) is 46.7 Å². The van der Waals surface area contributed by atoms with E-state index in [1.807, 2.05) is 44.2 Å². The van der Waals surface area contributed by atoms with Crippen molar-refractivity contribution in [2.24, 2.45) is 0 Å². The molecule has 0 bridgehead atoms. The van der Waals surface area contributed by atoms with Gasteiger partial charge in [0, 0.05) is 24.6 Å². The van der Waals surface area contributed by atoms with E-state index in [4.69, 9.17) is 9.26 Å². The van der Waals surface area contributed by atoms with Crippen LogP contribution in [0.15, 0.2) is 58.2 Å². The molecule has 1 atom stereocenters. The number of pyridine rings is 1. The predicted molar refractivity (Wildman–Crippen MR) is 113 cm³/mol. The van der Waals surface area contributed by atoms with E-state index in [1.165, 1.54) is 11.8 Å². The van der Waals surface area contributed by atoms with Gasteiger partial charge in [0.15, 0.2) is 6.10 Å². The summed E-state index contributed by atoms with van der Waals surface area (Å²) in [6.45, 7) is 5.73. The SMILES string of the molecule is Cc1ccc(CNC(=O)C(C)OC(=O)c2cccnc2SCc2cc(C)on2)cc1. The summed E-state index contributed by atoms with van der Waals surface area (Å²) in [5, 5.41) is 7.23. The number of aromatic nitrogens is 2. The van der Waals surface area contributed by atoms with Crippen molar-refractivity contribution >= 4 is 23.6 Å². The first-order valence-corrected chi connectivity index (χ1v) is 10.4. The summed E-state index contributed by atoms with van der Waals surface area (Å²) in [7, 11) is 0. The standard InChI is InChI=1S/C22H23N3O4S/c1-14-6-8-17(9-7-14)12-24-20(26)16(3)28-22(27)19-5-4-10-23-21(19)30-13-18-11-15(2)29-25-18/h4-11,16H,12-13H2,1-3H3,(H,24,26). The van der Waals surface area contributed by atoms with E-state index in [1.54, 1.807) is 25.3 Å². The lowest BCUT2D eigenvalue weighted by molar-refractivity contribution is -0.129. The van der Waals surface area contributed by atoms with Crippen LogP contribution in [-0.4, -0.2) is 28.1 Å². The molecule has 2 aromatic heterocycles. The van der Waals surface area contributed by atoms with Crippen molar-refractivity contribution in [1.29, 1.82) is 0 Å². The van der Waals surface area contributed by atoms with Gasteiger partial charge in [-0.15, -0.1) is 0 Å². The van der Waals surface area contributed by atoms with Gasteiger partial charge in [0.1, 0.15) is 10.8 Å². The highest BCUT2D eigenvalue weighted by molar-refractivity contribution is 7.98. The molecule has 7 nitrogen and oxygen atoms in total. The van der Waals surface area contributed by atoms with Crippen molar-refractivity contribution in [3.05, 3.63) is 76.8 Å². The molecule has 0 aliphatic carbocycles. The highest BCUT2D eigenvalue weighted by Gasteiger charge is 2.21. The lowest BCUT2D eigenvalue weighted by atomic mass is 10.1. The van der Waals surface area contributed by atoms with Gasteiger partial charge in [0.25, 0.3) is 5.91 Å². The number of thioether (sulfide) groups is 1. The summed E-state index contributed by atoms with van der Waals surface area (Å²) in [6.07, 6.45) is 0.671. The van der Waals surface area contributed by atoms with Gasteiger partial charge in [0.05, 0.1) is 11.3 Å². The van der Waals surface area contributed by atoms with Crippen molar-refractivity contribution in [1.82, 2.24) is 15.5 Å². The molecule has 0 radical (unpaired) electrons. The molecule has 3 aromatic rings. The Morgan fingerprint density at radius 2 is 1.97 bits per heavy atom. The number of ether oxygens (including phenoxy) is 1. The van der Waals surface area contributed by atoms with Crippen LogP contribution in [0.2, 0.25) is 0 Å². The summed E-state index contributed by atoms with van der Waals surface area (Å²) in [6, 6.07) is 13.0. The second-order valence-electron chi connectivity index (χ2n) is 6.82. The highest BCUT2D eigenvalue weighted by atomic mass is 32.2. The van der Waals surface area contributed by atoms with Gasteiger partial charge >= 0.3 is 5.97 Å². The van der Waals surface area contributed by atoms with Gasteiger partial charge in [-0.05, 0) is 38.5 Å².